The number of hydrogen-bond acceptors (Lipinski definition) is 5. The topological polar surface area (TPSA) is 85.5 Å². The molecule has 1 aliphatic heterocycles. The molecule has 124 valence electrons. The molecule has 24 heavy (non-hydrogen) atoms. The van der Waals surface area contributed by atoms with E-state index in [2.05, 4.69) is 4.98 Å². The van der Waals surface area contributed by atoms with Crippen molar-refractivity contribution in [2.24, 2.45) is 0 Å². The minimum atomic E-state index is -0.617. The van der Waals surface area contributed by atoms with Crippen LogP contribution in [0.2, 0.25) is 0 Å². The van der Waals surface area contributed by atoms with Gasteiger partial charge in [-0.15, -0.1) is 0 Å². The highest BCUT2D eigenvalue weighted by atomic mass is 16.5. The normalized spacial score (nSPS) is 16.5. The van der Waals surface area contributed by atoms with Crippen LogP contribution in [0.4, 0.5) is 11.6 Å². The van der Waals surface area contributed by atoms with Crippen molar-refractivity contribution < 1.29 is 14.3 Å². The molecule has 0 bridgehead atoms. The van der Waals surface area contributed by atoms with Gasteiger partial charge in [-0.25, -0.2) is 4.98 Å². The summed E-state index contributed by atoms with van der Waals surface area (Å²) in [5.41, 5.74) is 7.35. The van der Waals surface area contributed by atoms with Crippen molar-refractivity contribution in [3.63, 3.8) is 0 Å². The van der Waals surface area contributed by atoms with E-state index in [1.165, 1.54) is 4.90 Å². The van der Waals surface area contributed by atoms with Gasteiger partial charge in [0.1, 0.15) is 5.82 Å². The van der Waals surface area contributed by atoms with Crippen LogP contribution in [0.1, 0.15) is 29.3 Å². The van der Waals surface area contributed by atoms with E-state index >= 15 is 0 Å². The van der Waals surface area contributed by atoms with Crippen molar-refractivity contribution in [1.82, 2.24) is 4.98 Å². The molecule has 1 atom stereocenters. The maximum absolute atomic E-state index is 12.6. The van der Waals surface area contributed by atoms with Crippen molar-refractivity contribution >= 4 is 23.3 Å². The summed E-state index contributed by atoms with van der Waals surface area (Å²) in [6.07, 6.45) is -0.105. The van der Waals surface area contributed by atoms with E-state index < -0.39 is 6.10 Å². The molecule has 1 aromatic carbocycles. The van der Waals surface area contributed by atoms with Crippen LogP contribution in [0.5, 0.6) is 5.75 Å². The summed E-state index contributed by atoms with van der Waals surface area (Å²) >= 11 is 0. The largest absolute Gasteiger partial charge is 0.477 e. The maximum Gasteiger partial charge on any atom is 0.269 e. The molecule has 0 saturated heterocycles. The number of benzene rings is 1. The minimum absolute atomic E-state index is 0.0921. The molecule has 1 unspecified atom stereocenters. The number of nitrogens with zero attached hydrogens (tertiary/aromatic N) is 2. The number of nitrogens with two attached hydrogens (primary N) is 1. The van der Waals surface area contributed by atoms with Crippen molar-refractivity contribution in [1.29, 1.82) is 0 Å². The highest BCUT2D eigenvalue weighted by Crippen LogP contribution is 2.33. The monoisotopic (exact) mass is 325 g/mol. The van der Waals surface area contributed by atoms with Crippen LogP contribution in [0, 0.1) is 6.92 Å². The standard InChI is InChI=1S/C18H19N3O3/c1-3-14-18(23)21(17-15(24-14)8-9-16(19)20-17)10-13(22)12-6-4-11(2)5-7-12/h4-9,14H,3,10H2,1-2H3,(H2,19,20). The number of ether oxygens (including phenoxy) is 1. The maximum atomic E-state index is 12.6. The Kier molecular flexibility index (Phi) is 4.20. The second-order valence-corrected chi connectivity index (χ2v) is 5.79. The first-order valence-corrected chi connectivity index (χ1v) is 7.84. The Bertz CT molecular complexity index is 787. The van der Waals surface area contributed by atoms with Crippen LogP contribution in [0.25, 0.3) is 0 Å². The van der Waals surface area contributed by atoms with Gasteiger partial charge < -0.3 is 10.5 Å². The van der Waals surface area contributed by atoms with Gasteiger partial charge in [0.05, 0.1) is 6.54 Å². The minimum Gasteiger partial charge on any atom is -0.477 e. The van der Waals surface area contributed by atoms with Crippen molar-refractivity contribution in [2.75, 3.05) is 17.2 Å². The molecular formula is C18H19N3O3. The molecule has 3 rings (SSSR count). The second kappa shape index (κ2) is 6.31. The first-order valence-electron chi connectivity index (χ1n) is 7.84. The number of aromatic nitrogens is 1. The van der Waals surface area contributed by atoms with Crippen LogP contribution in [0.3, 0.4) is 0 Å². The second-order valence-electron chi connectivity index (χ2n) is 5.79. The lowest BCUT2D eigenvalue weighted by atomic mass is 10.1. The highest BCUT2D eigenvalue weighted by molar-refractivity contribution is 6.07. The Morgan fingerprint density at radius 2 is 1.96 bits per heavy atom. The molecule has 6 heteroatoms. The van der Waals surface area contributed by atoms with E-state index in [1.54, 1.807) is 24.3 Å². The lowest BCUT2D eigenvalue weighted by Gasteiger charge is -2.32. The SMILES string of the molecule is CCC1Oc2ccc(N)nc2N(CC(=O)c2ccc(C)cc2)C1=O. The van der Waals surface area contributed by atoms with Crippen molar-refractivity contribution in [3.05, 3.63) is 47.5 Å². The van der Waals surface area contributed by atoms with Gasteiger partial charge in [0.15, 0.2) is 23.5 Å². The van der Waals surface area contributed by atoms with Gasteiger partial charge in [0.25, 0.3) is 5.91 Å². The predicted octanol–water partition coefficient (Wildman–Crippen LogP) is 2.36. The Morgan fingerprint density at radius 1 is 1.25 bits per heavy atom. The van der Waals surface area contributed by atoms with Gasteiger partial charge >= 0.3 is 0 Å². The summed E-state index contributed by atoms with van der Waals surface area (Å²) in [4.78, 5) is 30.7. The number of Topliss-reactive ketones (excluding diaryl/α,β-unsaturated/α-hetero) is 1. The average molecular weight is 325 g/mol. The van der Waals surface area contributed by atoms with Crippen LogP contribution in [0.15, 0.2) is 36.4 Å². The fourth-order valence-corrected chi connectivity index (χ4v) is 2.60. The molecule has 0 fully saturated rings. The zero-order chi connectivity index (χ0) is 17.3. The van der Waals surface area contributed by atoms with E-state index in [-0.39, 0.29) is 24.1 Å². The van der Waals surface area contributed by atoms with Crippen LogP contribution < -0.4 is 15.4 Å². The van der Waals surface area contributed by atoms with Crippen molar-refractivity contribution in [2.45, 2.75) is 26.4 Å². The zero-order valence-corrected chi connectivity index (χ0v) is 13.7. The van der Waals surface area contributed by atoms with Crippen LogP contribution >= 0.6 is 0 Å². The number of anilines is 2. The van der Waals surface area contributed by atoms with Crippen molar-refractivity contribution in [3.8, 4) is 5.75 Å². The molecule has 2 aromatic rings. The van der Waals surface area contributed by atoms with Crippen LogP contribution in [-0.4, -0.2) is 29.3 Å². The lowest BCUT2D eigenvalue weighted by Crippen LogP contribution is -2.48. The summed E-state index contributed by atoms with van der Waals surface area (Å²) in [6, 6.07) is 10.5. The van der Waals surface area contributed by atoms with Gasteiger partial charge in [-0.05, 0) is 25.5 Å². The summed E-state index contributed by atoms with van der Waals surface area (Å²) in [7, 11) is 0. The number of fused-ring (bicyclic) bond motifs is 1. The number of amides is 1. The van der Waals surface area contributed by atoms with Gasteiger partial charge in [-0.1, -0.05) is 36.8 Å². The molecule has 1 aliphatic rings. The van der Waals surface area contributed by atoms with Crippen LogP contribution in [-0.2, 0) is 4.79 Å². The number of nitrogen functional groups attached to an aromatic ring is 1. The summed E-state index contributed by atoms with van der Waals surface area (Å²) in [5, 5.41) is 0. The third-order valence-electron chi connectivity index (χ3n) is 3.97. The number of aryl methyl sites for hydroxylation is 1. The number of carbonyl (C=O) groups excluding carboxylic acids is 2. The molecule has 0 saturated carbocycles. The van der Waals surface area contributed by atoms with Gasteiger partial charge in [0.2, 0.25) is 0 Å². The predicted molar refractivity (Wildman–Crippen MR) is 91.2 cm³/mol. The third-order valence-corrected chi connectivity index (χ3v) is 3.97. The number of pyridine rings is 1. The van der Waals surface area contributed by atoms with E-state index in [1.807, 2.05) is 26.0 Å². The molecule has 2 N–H and O–H groups in total. The molecule has 1 amide bonds. The summed E-state index contributed by atoms with van der Waals surface area (Å²) < 4.78 is 5.66. The molecule has 0 radical (unpaired) electrons. The molecule has 0 spiro atoms. The molecule has 2 heterocycles. The molecule has 1 aromatic heterocycles. The number of rotatable bonds is 4. The van der Waals surface area contributed by atoms with Gasteiger partial charge in [-0.3, -0.25) is 14.5 Å². The fraction of sp³-hybridized carbons (Fsp3) is 0.278. The lowest BCUT2D eigenvalue weighted by molar-refractivity contribution is -0.126. The smallest absolute Gasteiger partial charge is 0.269 e. The number of carbonyl (C=O) groups is 2. The number of hydrogen-bond donors (Lipinski definition) is 1. The quantitative estimate of drug-likeness (QED) is 0.872. The van der Waals surface area contributed by atoms with E-state index in [0.717, 1.165) is 5.56 Å². The summed E-state index contributed by atoms with van der Waals surface area (Å²) in [6.45, 7) is 3.72. The van der Waals surface area contributed by atoms with Gasteiger partial charge in [-0.2, -0.15) is 0 Å². The Hall–Kier alpha value is -2.89. The summed E-state index contributed by atoms with van der Waals surface area (Å²) in [5.74, 6) is 0.601. The Morgan fingerprint density at radius 3 is 2.62 bits per heavy atom. The van der Waals surface area contributed by atoms with E-state index in [4.69, 9.17) is 10.5 Å². The highest BCUT2D eigenvalue weighted by Gasteiger charge is 2.35. The Balaban J connectivity index is 1.93. The molecule has 6 nitrogen and oxygen atoms in total. The first-order chi connectivity index (χ1) is 11.5. The fourth-order valence-electron chi connectivity index (χ4n) is 2.60. The first kappa shape index (κ1) is 16.0. The Labute approximate surface area is 140 Å². The third kappa shape index (κ3) is 2.95. The van der Waals surface area contributed by atoms with E-state index in [0.29, 0.717) is 23.6 Å². The number of ketones is 1. The molecular weight excluding hydrogens is 306 g/mol. The zero-order valence-electron chi connectivity index (χ0n) is 13.7. The molecule has 0 aliphatic carbocycles. The van der Waals surface area contributed by atoms with E-state index in [9.17, 15) is 9.59 Å². The average Bonchev–Trinajstić information content (AvgIpc) is 2.58. The van der Waals surface area contributed by atoms with Gasteiger partial charge in [0, 0.05) is 5.56 Å².